The van der Waals surface area contributed by atoms with Gasteiger partial charge in [0.05, 0.1) is 25.9 Å². The minimum absolute atomic E-state index is 0.0135. The minimum Gasteiger partial charge on any atom is -0.462 e. The van der Waals surface area contributed by atoms with Crippen LogP contribution in [0.15, 0.2) is 0 Å². The summed E-state index contributed by atoms with van der Waals surface area (Å²) < 4.78 is 21.7. The Balaban J connectivity index is 2.80. The first-order chi connectivity index (χ1) is 25.5. The average Bonchev–Trinajstić information content (AvgIpc) is 3.13. The van der Waals surface area contributed by atoms with E-state index in [-0.39, 0.29) is 37.4 Å². The van der Waals surface area contributed by atoms with Crippen LogP contribution in [0.25, 0.3) is 0 Å². The van der Waals surface area contributed by atoms with E-state index in [9.17, 15) is 53.7 Å². The molecular weight excluding hydrogens is 740 g/mol. The topological polar surface area (TPSA) is 306 Å². The number of aliphatic hydroxyl groups excluding tert-OH is 3. The summed E-state index contributed by atoms with van der Waals surface area (Å²) in [5.74, 6) is -4.80. The standard InChI is InChI=1S/C32H54N6O15S/c1-7-22(42)38-20(14-54-13-19(52-25(45)9-3)12-50-24(44)8-2)30(48)33-10-23(43)34-15-35-31(49)26(36-17(5)40)16(4)51-32-27(37-18(6)41)29(47)28(46)21(11-39)53-32/h16,19-21,26-29,32,39,46-47H,7-15H2,1-6H3,(H,33,48)(H,34,43)(H,35,49)(H,36,40)(H,37,41)(H,38,42)/t16-,19?,20+,21?,26-,27?,28+,29?,32-/m1/s1. The maximum atomic E-state index is 13.1. The third kappa shape index (κ3) is 17.4. The Bertz CT molecular complexity index is 1290. The first kappa shape index (κ1) is 47.9. The lowest BCUT2D eigenvalue weighted by Crippen LogP contribution is -2.66. The first-order valence-corrected chi connectivity index (χ1v) is 18.5. The molecule has 1 rings (SSSR count). The van der Waals surface area contributed by atoms with Crippen molar-refractivity contribution in [2.45, 2.75) is 116 Å². The SMILES string of the molecule is CCC(=O)N[C@@H](CSCC(COC(=O)CC)OC(=O)CC)C(=O)NCC(=O)NCNC(=O)[C@H](NC(C)=O)[C@@H](C)O[C@@H]1OC(CO)[C@H](O)C(O)C1NC(C)=O. The van der Waals surface area contributed by atoms with Gasteiger partial charge in [-0.2, -0.15) is 11.8 Å². The van der Waals surface area contributed by atoms with E-state index in [0.29, 0.717) is 0 Å². The van der Waals surface area contributed by atoms with Crippen LogP contribution in [0.5, 0.6) is 0 Å². The molecule has 0 aliphatic carbocycles. The zero-order valence-electron chi connectivity index (χ0n) is 31.2. The Morgan fingerprint density at radius 3 is 2.04 bits per heavy atom. The van der Waals surface area contributed by atoms with E-state index in [1.807, 2.05) is 0 Å². The van der Waals surface area contributed by atoms with Gasteiger partial charge in [0.1, 0.15) is 49.1 Å². The molecule has 0 aromatic rings. The number of hydrogen-bond donors (Lipinski definition) is 9. The van der Waals surface area contributed by atoms with Crippen molar-refractivity contribution in [2.75, 3.05) is 37.9 Å². The van der Waals surface area contributed by atoms with Crippen molar-refractivity contribution in [3.8, 4) is 0 Å². The van der Waals surface area contributed by atoms with Gasteiger partial charge in [-0.15, -0.1) is 0 Å². The van der Waals surface area contributed by atoms with Crippen molar-refractivity contribution in [1.82, 2.24) is 31.9 Å². The summed E-state index contributed by atoms with van der Waals surface area (Å²) >= 11 is 1.14. The summed E-state index contributed by atoms with van der Waals surface area (Å²) in [6, 6.07) is -3.81. The molecule has 4 unspecified atom stereocenters. The molecule has 308 valence electrons. The van der Waals surface area contributed by atoms with E-state index < -0.39 is 122 Å². The minimum atomic E-state index is -1.62. The summed E-state index contributed by atoms with van der Waals surface area (Å²) in [5, 5.41) is 44.8. The fraction of sp³-hybridized carbons (Fsp3) is 0.750. The lowest BCUT2D eigenvalue weighted by molar-refractivity contribution is -0.281. The third-order valence-corrected chi connectivity index (χ3v) is 8.72. The van der Waals surface area contributed by atoms with Crippen LogP contribution in [-0.4, -0.2) is 156 Å². The molecule has 21 nitrogen and oxygen atoms in total. The summed E-state index contributed by atoms with van der Waals surface area (Å²) in [6.45, 7) is 6.53. The van der Waals surface area contributed by atoms with Crippen LogP contribution in [0, 0.1) is 0 Å². The summed E-state index contributed by atoms with van der Waals surface area (Å²) in [6.07, 6.45) is -7.67. The van der Waals surface area contributed by atoms with Gasteiger partial charge in [-0.05, 0) is 6.92 Å². The number of rotatable bonds is 23. The maximum Gasteiger partial charge on any atom is 0.305 e. The van der Waals surface area contributed by atoms with Gasteiger partial charge in [0, 0.05) is 44.6 Å². The molecule has 1 saturated heterocycles. The molecule has 22 heteroatoms. The number of carbonyl (C=O) groups excluding carboxylic acids is 8. The highest BCUT2D eigenvalue weighted by Crippen LogP contribution is 2.24. The van der Waals surface area contributed by atoms with Gasteiger partial charge in [-0.25, -0.2) is 0 Å². The van der Waals surface area contributed by atoms with Crippen LogP contribution < -0.4 is 31.9 Å². The van der Waals surface area contributed by atoms with Crippen LogP contribution in [0.3, 0.4) is 0 Å². The van der Waals surface area contributed by atoms with Crippen LogP contribution >= 0.6 is 11.8 Å². The molecule has 9 N–H and O–H groups in total. The average molecular weight is 795 g/mol. The third-order valence-electron chi connectivity index (χ3n) is 7.55. The largest absolute Gasteiger partial charge is 0.462 e. The zero-order chi connectivity index (χ0) is 41.0. The van der Waals surface area contributed by atoms with E-state index in [1.165, 1.54) is 6.92 Å². The Hall–Kier alpha value is -4.09. The van der Waals surface area contributed by atoms with E-state index in [4.69, 9.17) is 18.9 Å². The maximum absolute atomic E-state index is 13.1. The number of amides is 6. The van der Waals surface area contributed by atoms with E-state index in [2.05, 4.69) is 31.9 Å². The Labute approximate surface area is 317 Å². The molecule has 6 amide bonds. The zero-order valence-corrected chi connectivity index (χ0v) is 32.0. The van der Waals surface area contributed by atoms with Crippen molar-refractivity contribution < 1.29 is 72.6 Å². The van der Waals surface area contributed by atoms with Crippen LogP contribution in [0.2, 0.25) is 0 Å². The van der Waals surface area contributed by atoms with Crippen molar-refractivity contribution in [2.24, 2.45) is 0 Å². The van der Waals surface area contributed by atoms with Crippen molar-refractivity contribution >= 4 is 59.1 Å². The van der Waals surface area contributed by atoms with Crippen molar-refractivity contribution in [3.05, 3.63) is 0 Å². The molecule has 1 heterocycles. The van der Waals surface area contributed by atoms with E-state index >= 15 is 0 Å². The number of esters is 2. The molecule has 1 aliphatic rings. The van der Waals surface area contributed by atoms with Gasteiger partial charge in [-0.1, -0.05) is 20.8 Å². The fourth-order valence-electron chi connectivity index (χ4n) is 4.65. The molecule has 54 heavy (non-hydrogen) atoms. The number of nitrogens with one attached hydrogen (secondary N) is 6. The van der Waals surface area contributed by atoms with Crippen LogP contribution in [0.1, 0.15) is 60.8 Å². The monoisotopic (exact) mass is 794 g/mol. The number of aliphatic hydroxyl groups is 3. The van der Waals surface area contributed by atoms with Gasteiger partial charge < -0.3 is 66.2 Å². The van der Waals surface area contributed by atoms with Gasteiger partial charge in [0.25, 0.3) is 0 Å². The van der Waals surface area contributed by atoms with Crippen LogP contribution in [0.4, 0.5) is 0 Å². The highest BCUT2D eigenvalue weighted by Gasteiger charge is 2.46. The molecule has 0 radical (unpaired) electrons. The van der Waals surface area contributed by atoms with E-state index in [0.717, 1.165) is 25.6 Å². The van der Waals surface area contributed by atoms with Gasteiger partial charge in [0.15, 0.2) is 6.29 Å². The summed E-state index contributed by atoms with van der Waals surface area (Å²) in [7, 11) is 0. The predicted octanol–water partition coefficient (Wildman–Crippen LogP) is -3.95. The number of ether oxygens (including phenoxy) is 4. The Morgan fingerprint density at radius 1 is 0.796 bits per heavy atom. The molecule has 0 aromatic carbocycles. The van der Waals surface area contributed by atoms with Gasteiger partial charge >= 0.3 is 11.9 Å². The molecule has 0 saturated carbocycles. The molecule has 1 aliphatic heterocycles. The second-order valence-electron chi connectivity index (χ2n) is 12.0. The lowest BCUT2D eigenvalue weighted by atomic mass is 9.96. The smallest absolute Gasteiger partial charge is 0.305 e. The first-order valence-electron chi connectivity index (χ1n) is 17.3. The predicted molar refractivity (Wildman–Crippen MR) is 189 cm³/mol. The molecule has 0 bridgehead atoms. The fourth-order valence-corrected chi connectivity index (χ4v) is 5.69. The normalized spacial score (nSPS) is 21.5. The Kier molecular flexibility index (Phi) is 22.3. The van der Waals surface area contributed by atoms with Crippen molar-refractivity contribution in [3.63, 3.8) is 0 Å². The molecule has 0 aromatic heterocycles. The number of thioether (sulfide) groups is 1. The second kappa shape index (κ2) is 25.1. The highest BCUT2D eigenvalue weighted by atomic mass is 32.2. The van der Waals surface area contributed by atoms with Crippen molar-refractivity contribution in [1.29, 1.82) is 0 Å². The lowest BCUT2D eigenvalue weighted by Gasteiger charge is -2.43. The molecule has 9 atom stereocenters. The van der Waals surface area contributed by atoms with Gasteiger partial charge in [0.2, 0.25) is 35.4 Å². The second-order valence-corrected chi connectivity index (χ2v) is 13.1. The Morgan fingerprint density at radius 2 is 1.46 bits per heavy atom. The highest BCUT2D eigenvalue weighted by molar-refractivity contribution is 7.99. The van der Waals surface area contributed by atoms with E-state index in [1.54, 1.807) is 20.8 Å². The summed E-state index contributed by atoms with van der Waals surface area (Å²) in [4.78, 5) is 97.8. The molecule has 1 fully saturated rings. The number of hydrogen-bond acceptors (Lipinski definition) is 16. The number of carbonyl (C=O) groups is 8. The van der Waals surface area contributed by atoms with Gasteiger partial charge in [-0.3, -0.25) is 38.4 Å². The quantitative estimate of drug-likeness (QED) is 0.0352. The molecule has 0 spiro atoms. The van der Waals surface area contributed by atoms with Crippen LogP contribution in [-0.2, 0) is 57.3 Å². The molecular formula is C32H54N6O15S. The summed E-state index contributed by atoms with van der Waals surface area (Å²) in [5.41, 5.74) is 0.